The summed E-state index contributed by atoms with van der Waals surface area (Å²) >= 11 is 2.27. The van der Waals surface area contributed by atoms with E-state index in [0.717, 1.165) is 42.5 Å². The molecule has 2 fully saturated rings. The van der Waals surface area contributed by atoms with Crippen molar-refractivity contribution in [3.63, 3.8) is 0 Å². The van der Waals surface area contributed by atoms with E-state index in [1.54, 1.807) is 7.11 Å². The van der Waals surface area contributed by atoms with Crippen molar-refractivity contribution in [2.45, 2.75) is 62.5 Å². The SMILES string of the molecule is COc1ncc(CNCC[C@]2(c3ccccn3)CCOC3(CCCC3)C2)cc1I. The number of rotatable bonds is 7. The highest BCUT2D eigenvalue weighted by molar-refractivity contribution is 14.1. The van der Waals surface area contributed by atoms with Gasteiger partial charge in [0.2, 0.25) is 5.88 Å². The second-order valence-electron chi connectivity index (χ2n) is 8.42. The first-order valence-corrected chi connectivity index (χ1v) is 11.7. The van der Waals surface area contributed by atoms with Gasteiger partial charge in [0.15, 0.2) is 0 Å². The van der Waals surface area contributed by atoms with Crippen LogP contribution < -0.4 is 10.1 Å². The van der Waals surface area contributed by atoms with Crippen LogP contribution in [0.2, 0.25) is 0 Å². The molecule has 1 spiro atoms. The Bertz CT molecular complexity index is 811. The topological polar surface area (TPSA) is 56.3 Å². The van der Waals surface area contributed by atoms with E-state index in [1.807, 2.05) is 18.5 Å². The summed E-state index contributed by atoms with van der Waals surface area (Å²) in [6.45, 7) is 2.61. The Kier molecular flexibility index (Phi) is 6.71. The average Bonchev–Trinajstić information content (AvgIpc) is 3.19. The molecule has 6 heteroatoms. The number of hydrogen-bond donors (Lipinski definition) is 1. The average molecular weight is 507 g/mol. The first-order valence-electron chi connectivity index (χ1n) is 10.6. The molecule has 3 heterocycles. The van der Waals surface area contributed by atoms with Gasteiger partial charge in [-0.1, -0.05) is 18.9 Å². The Morgan fingerprint density at radius 1 is 1.21 bits per heavy atom. The zero-order valence-electron chi connectivity index (χ0n) is 17.1. The molecule has 5 nitrogen and oxygen atoms in total. The summed E-state index contributed by atoms with van der Waals surface area (Å²) in [6, 6.07) is 8.48. The van der Waals surface area contributed by atoms with Gasteiger partial charge in [-0.3, -0.25) is 4.98 Å². The van der Waals surface area contributed by atoms with Crippen molar-refractivity contribution in [2.75, 3.05) is 20.3 Å². The van der Waals surface area contributed by atoms with Gasteiger partial charge in [-0.05, 0) is 85.0 Å². The van der Waals surface area contributed by atoms with Gasteiger partial charge in [-0.2, -0.15) is 0 Å². The van der Waals surface area contributed by atoms with Gasteiger partial charge in [0.1, 0.15) is 0 Å². The van der Waals surface area contributed by atoms with Crippen LogP contribution in [-0.2, 0) is 16.7 Å². The highest BCUT2D eigenvalue weighted by Gasteiger charge is 2.48. The predicted molar refractivity (Wildman–Crippen MR) is 122 cm³/mol. The van der Waals surface area contributed by atoms with Gasteiger partial charge in [-0.15, -0.1) is 0 Å². The minimum Gasteiger partial charge on any atom is -0.480 e. The van der Waals surface area contributed by atoms with Crippen molar-refractivity contribution < 1.29 is 9.47 Å². The minimum atomic E-state index is 0.0752. The third-order valence-electron chi connectivity index (χ3n) is 6.54. The van der Waals surface area contributed by atoms with Crippen LogP contribution in [0.15, 0.2) is 36.7 Å². The van der Waals surface area contributed by atoms with Crippen LogP contribution in [0.4, 0.5) is 0 Å². The van der Waals surface area contributed by atoms with Crippen LogP contribution >= 0.6 is 22.6 Å². The van der Waals surface area contributed by atoms with Crippen molar-refractivity contribution in [3.05, 3.63) is 51.5 Å². The molecule has 1 aliphatic carbocycles. The van der Waals surface area contributed by atoms with Gasteiger partial charge in [0, 0.05) is 36.7 Å². The predicted octanol–water partition coefficient (Wildman–Crippen LogP) is 4.63. The van der Waals surface area contributed by atoms with Crippen molar-refractivity contribution in [1.82, 2.24) is 15.3 Å². The van der Waals surface area contributed by atoms with E-state index in [-0.39, 0.29) is 11.0 Å². The van der Waals surface area contributed by atoms with E-state index in [2.05, 4.69) is 51.1 Å². The fourth-order valence-electron chi connectivity index (χ4n) is 5.07. The zero-order chi connectivity index (χ0) is 20.2. The quantitative estimate of drug-likeness (QED) is 0.438. The molecular formula is C23H30IN3O2. The Morgan fingerprint density at radius 3 is 2.79 bits per heavy atom. The Hall–Kier alpha value is -1.25. The van der Waals surface area contributed by atoms with Crippen LogP contribution in [0.3, 0.4) is 0 Å². The lowest BCUT2D eigenvalue weighted by Crippen LogP contribution is -2.47. The van der Waals surface area contributed by atoms with Crippen molar-refractivity contribution in [3.8, 4) is 5.88 Å². The summed E-state index contributed by atoms with van der Waals surface area (Å²) in [6.07, 6.45) is 12.0. The van der Waals surface area contributed by atoms with Gasteiger partial charge in [0.05, 0.1) is 16.3 Å². The van der Waals surface area contributed by atoms with E-state index in [1.165, 1.54) is 36.9 Å². The lowest BCUT2D eigenvalue weighted by Gasteiger charge is -2.46. The minimum absolute atomic E-state index is 0.0752. The molecule has 1 saturated heterocycles. The van der Waals surface area contributed by atoms with Gasteiger partial charge >= 0.3 is 0 Å². The van der Waals surface area contributed by atoms with E-state index >= 15 is 0 Å². The lowest BCUT2D eigenvalue weighted by molar-refractivity contribution is -0.104. The smallest absolute Gasteiger partial charge is 0.226 e. The molecule has 0 unspecified atom stereocenters. The summed E-state index contributed by atoms with van der Waals surface area (Å²) in [4.78, 5) is 9.17. The summed E-state index contributed by atoms with van der Waals surface area (Å²) < 4.78 is 12.6. The molecular weight excluding hydrogens is 477 g/mol. The molecule has 1 N–H and O–H groups in total. The summed E-state index contributed by atoms with van der Waals surface area (Å²) in [5.74, 6) is 0.688. The maximum Gasteiger partial charge on any atom is 0.226 e. The number of hydrogen-bond acceptors (Lipinski definition) is 5. The van der Waals surface area contributed by atoms with E-state index in [4.69, 9.17) is 14.5 Å². The summed E-state index contributed by atoms with van der Waals surface area (Å²) in [7, 11) is 1.66. The highest BCUT2D eigenvalue weighted by Crippen LogP contribution is 2.49. The summed E-state index contributed by atoms with van der Waals surface area (Å²) in [5.41, 5.74) is 2.59. The summed E-state index contributed by atoms with van der Waals surface area (Å²) in [5, 5.41) is 3.63. The fourth-order valence-corrected chi connectivity index (χ4v) is 5.83. The fraction of sp³-hybridized carbons (Fsp3) is 0.565. The number of halogens is 1. The second-order valence-corrected chi connectivity index (χ2v) is 9.58. The van der Waals surface area contributed by atoms with Crippen LogP contribution in [-0.4, -0.2) is 35.8 Å². The molecule has 0 bridgehead atoms. The molecule has 1 atom stereocenters. The number of ether oxygens (including phenoxy) is 2. The van der Waals surface area contributed by atoms with Crippen molar-refractivity contribution >= 4 is 22.6 Å². The first-order chi connectivity index (χ1) is 14.1. The molecule has 0 radical (unpaired) electrons. The van der Waals surface area contributed by atoms with Crippen LogP contribution in [0.1, 0.15) is 56.2 Å². The van der Waals surface area contributed by atoms with Gasteiger partial charge in [0.25, 0.3) is 0 Å². The molecule has 156 valence electrons. The van der Waals surface area contributed by atoms with Gasteiger partial charge < -0.3 is 14.8 Å². The van der Waals surface area contributed by atoms with E-state index in [9.17, 15) is 0 Å². The third-order valence-corrected chi connectivity index (χ3v) is 7.31. The van der Waals surface area contributed by atoms with Crippen molar-refractivity contribution in [2.24, 2.45) is 0 Å². The number of pyridine rings is 2. The zero-order valence-corrected chi connectivity index (χ0v) is 19.3. The Morgan fingerprint density at radius 2 is 2.07 bits per heavy atom. The van der Waals surface area contributed by atoms with Crippen LogP contribution in [0.5, 0.6) is 5.88 Å². The number of nitrogens with zero attached hydrogens (tertiary/aromatic N) is 2. The van der Waals surface area contributed by atoms with Crippen molar-refractivity contribution in [1.29, 1.82) is 0 Å². The molecule has 0 amide bonds. The number of methoxy groups -OCH3 is 1. The maximum atomic E-state index is 6.34. The Labute approximate surface area is 187 Å². The molecule has 2 aromatic rings. The standard InChI is InChI=1S/C23H30IN3O2/c1-28-21-19(24)14-18(16-27-21)15-25-12-9-22(20-6-2-5-11-26-20)10-13-29-23(17-22)7-3-4-8-23/h2,5-6,11,14,16,25H,3-4,7-10,12-13,15,17H2,1H3/t22-/m0/s1. The maximum absolute atomic E-state index is 6.34. The molecule has 0 aromatic carbocycles. The monoisotopic (exact) mass is 507 g/mol. The molecule has 29 heavy (non-hydrogen) atoms. The molecule has 1 saturated carbocycles. The number of nitrogens with one attached hydrogen (secondary N) is 1. The third kappa shape index (κ3) is 4.75. The normalized spacial score (nSPS) is 23.4. The second kappa shape index (κ2) is 9.27. The molecule has 1 aliphatic heterocycles. The molecule has 2 aromatic heterocycles. The van der Waals surface area contributed by atoms with E-state index < -0.39 is 0 Å². The first kappa shape index (κ1) is 21.0. The Balaban J connectivity index is 1.43. The number of aromatic nitrogens is 2. The van der Waals surface area contributed by atoms with Crippen LogP contribution in [0, 0.1) is 3.57 Å². The molecule has 2 aliphatic rings. The highest BCUT2D eigenvalue weighted by atomic mass is 127. The van der Waals surface area contributed by atoms with Crippen LogP contribution in [0.25, 0.3) is 0 Å². The van der Waals surface area contributed by atoms with E-state index in [0.29, 0.717) is 5.88 Å². The molecule has 4 rings (SSSR count). The van der Waals surface area contributed by atoms with Gasteiger partial charge in [-0.25, -0.2) is 4.98 Å². The largest absolute Gasteiger partial charge is 0.480 e. The lowest BCUT2D eigenvalue weighted by atomic mass is 9.68.